The Hall–Kier alpha value is -2.22. The van der Waals surface area contributed by atoms with Crippen molar-refractivity contribution in [2.75, 3.05) is 26.8 Å². The molecule has 37 heavy (non-hydrogen) atoms. The van der Waals surface area contributed by atoms with Crippen molar-refractivity contribution in [1.29, 1.82) is 0 Å². The fourth-order valence-electron chi connectivity index (χ4n) is 4.02. The molecule has 3 atom stereocenters. The van der Waals surface area contributed by atoms with Crippen LogP contribution in [0, 0.1) is 9.49 Å². The number of nitrogens with zero attached hydrogens (tertiary/aromatic N) is 1. The zero-order valence-electron chi connectivity index (χ0n) is 21.7. The van der Waals surface area contributed by atoms with Gasteiger partial charge in [0.2, 0.25) is 11.7 Å². The predicted molar refractivity (Wildman–Crippen MR) is 145 cm³/mol. The number of carbonyl (C=O) groups excluding carboxylic acids is 3. The number of hydrogen-bond donors (Lipinski definition) is 4. The second kappa shape index (κ2) is 14.6. The normalized spacial score (nSPS) is 19.3. The molecule has 1 aromatic rings. The number of nitrogens with one attached hydrogen (secondary N) is 1. The molecule has 206 valence electrons. The Morgan fingerprint density at radius 3 is 2.51 bits per heavy atom. The van der Waals surface area contributed by atoms with Crippen LogP contribution >= 0.6 is 22.6 Å². The first kappa shape index (κ1) is 31.0. The van der Waals surface area contributed by atoms with Crippen molar-refractivity contribution in [3.63, 3.8) is 0 Å². The van der Waals surface area contributed by atoms with Crippen LogP contribution in [-0.2, 0) is 21.0 Å². The van der Waals surface area contributed by atoms with Gasteiger partial charge in [-0.25, -0.2) is 0 Å². The van der Waals surface area contributed by atoms with E-state index < -0.39 is 35.8 Å². The average molecular weight is 632 g/mol. The Morgan fingerprint density at radius 1 is 1.24 bits per heavy atom. The quantitative estimate of drug-likeness (QED) is 0.190. The lowest BCUT2D eigenvalue weighted by atomic mass is 9.87. The van der Waals surface area contributed by atoms with E-state index in [9.17, 15) is 24.6 Å². The number of carbonyl (C=O) groups is 3. The van der Waals surface area contributed by atoms with E-state index in [0.717, 1.165) is 0 Å². The van der Waals surface area contributed by atoms with E-state index in [1.165, 1.54) is 18.1 Å². The molecule has 2 rings (SSSR count). The summed E-state index contributed by atoms with van der Waals surface area (Å²) in [4.78, 5) is 39.7. The van der Waals surface area contributed by atoms with E-state index in [1.54, 1.807) is 19.1 Å². The first-order chi connectivity index (χ1) is 17.6. The Labute approximate surface area is 231 Å². The van der Waals surface area contributed by atoms with Crippen molar-refractivity contribution in [2.45, 2.75) is 64.9 Å². The standard InChI is InChI=1S/C26H37IN2O8/c1-5-20(32)26(35)29(8-6-15(2)3)19-12-17(25(34)28-7-9-30)13-21(23(19)33)37-24-18(27)10-16(14-31)11-22(24)36-4/h10-11,13,15,19,21,23,30-31,33H,5-9,12,14H2,1-4H3,(H,28,34)/t19-,21+,23+/m1/s1. The zero-order valence-corrected chi connectivity index (χ0v) is 23.9. The van der Waals surface area contributed by atoms with Crippen molar-refractivity contribution in [3.05, 3.63) is 32.9 Å². The minimum atomic E-state index is -1.26. The van der Waals surface area contributed by atoms with Crippen LogP contribution in [0.4, 0.5) is 0 Å². The summed E-state index contributed by atoms with van der Waals surface area (Å²) >= 11 is 2.03. The van der Waals surface area contributed by atoms with Gasteiger partial charge < -0.3 is 35.0 Å². The summed E-state index contributed by atoms with van der Waals surface area (Å²) in [5.41, 5.74) is 0.875. The van der Waals surface area contributed by atoms with Crippen molar-refractivity contribution >= 4 is 40.2 Å². The summed E-state index contributed by atoms with van der Waals surface area (Å²) in [5.74, 6) is -0.874. The van der Waals surface area contributed by atoms with Gasteiger partial charge in [0.05, 0.1) is 29.9 Å². The monoisotopic (exact) mass is 632 g/mol. The van der Waals surface area contributed by atoms with Gasteiger partial charge in [0.25, 0.3) is 5.91 Å². The maximum atomic E-state index is 13.1. The van der Waals surface area contributed by atoms with E-state index in [0.29, 0.717) is 27.1 Å². The number of ketones is 1. The summed E-state index contributed by atoms with van der Waals surface area (Å²) in [7, 11) is 1.45. The highest BCUT2D eigenvalue weighted by Gasteiger charge is 2.41. The van der Waals surface area contributed by atoms with Gasteiger partial charge in [-0.1, -0.05) is 20.8 Å². The molecular formula is C26H37IN2O8. The van der Waals surface area contributed by atoms with Gasteiger partial charge >= 0.3 is 0 Å². The topological polar surface area (TPSA) is 146 Å². The predicted octanol–water partition coefficient (Wildman–Crippen LogP) is 1.56. The molecule has 4 N–H and O–H groups in total. The highest BCUT2D eigenvalue weighted by molar-refractivity contribution is 14.1. The molecule has 1 aromatic carbocycles. The molecule has 0 unspecified atom stereocenters. The molecule has 0 radical (unpaired) electrons. The third-order valence-corrected chi connectivity index (χ3v) is 6.91. The molecule has 0 aliphatic heterocycles. The Bertz CT molecular complexity index is 997. The van der Waals surface area contributed by atoms with Gasteiger partial charge in [-0.2, -0.15) is 0 Å². The smallest absolute Gasteiger partial charge is 0.290 e. The molecule has 0 spiro atoms. The molecule has 0 aromatic heterocycles. The molecule has 0 bridgehead atoms. The number of Topliss-reactive ketones (excluding diaryl/α,β-unsaturated/α-hetero) is 1. The van der Waals surface area contributed by atoms with Crippen LogP contribution in [0.25, 0.3) is 0 Å². The van der Waals surface area contributed by atoms with Gasteiger partial charge in [-0.15, -0.1) is 0 Å². The number of aliphatic hydroxyl groups excluding tert-OH is 3. The summed E-state index contributed by atoms with van der Waals surface area (Å²) in [6.45, 7) is 5.40. The fraction of sp³-hybridized carbons (Fsp3) is 0.577. The number of ether oxygens (including phenoxy) is 2. The maximum Gasteiger partial charge on any atom is 0.290 e. The number of halogens is 1. The van der Waals surface area contributed by atoms with Gasteiger partial charge in [0.1, 0.15) is 12.2 Å². The minimum Gasteiger partial charge on any atom is -0.493 e. The maximum absolute atomic E-state index is 13.1. The molecule has 0 saturated carbocycles. The largest absolute Gasteiger partial charge is 0.493 e. The molecular weight excluding hydrogens is 595 g/mol. The van der Waals surface area contributed by atoms with Gasteiger partial charge in [0, 0.05) is 31.5 Å². The van der Waals surface area contributed by atoms with Gasteiger partial charge in [0.15, 0.2) is 11.5 Å². The molecule has 2 amide bonds. The molecule has 0 saturated heterocycles. The van der Waals surface area contributed by atoms with Crippen LogP contribution in [0.15, 0.2) is 23.8 Å². The van der Waals surface area contributed by atoms with Crippen LogP contribution < -0.4 is 14.8 Å². The number of benzene rings is 1. The lowest BCUT2D eigenvalue weighted by Gasteiger charge is -2.40. The third kappa shape index (κ3) is 8.13. The molecule has 0 heterocycles. The van der Waals surface area contributed by atoms with Crippen LogP contribution in [-0.4, -0.2) is 82.9 Å². The van der Waals surface area contributed by atoms with E-state index in [1.807, 2.05) is 36.4 Å². The number of amides is 2. The first-order valence-electron chi connectivity index (χ1n) is 12.3. The third-order valence-electron chi connectivity index (χ3n) is 6.11. The second-order valence-corrected chi connectivity index (χ2v) is 10.4. The van der Waals surface area contributed by atoms with Crippen molar-refractivity contribution in [2.24, 2.45) is 5.92 Å². The summed E-state index contributed by atoms with van der Waals surface area (Å²) in [5, 5.41) is 32.7. The van der Waals surface area contributed by atoms with Gasteiger partial charge in [-0.3, -0.25) is 14.4 Å². The number of rotatable bonds is 13. The second-order valence-electron chi connectivity index (χ2n) is 9.24. The summed E-state index contributed by atoms with van der Waals surface area (Å²) in [6.07, 6.45) is -0.184. The molecule has 0 fully saturated rings. The molecule has 1 aliphatic carbocycles. The number of methoxy groups -OCH3 is 1. The highest BCUT2D eigenvalue weighted by atomic mass is 127. The van der Waals surface area contributed by atoms with E-state index in [2.05, 4.69) is 5.32 Å². The highest BCUT2D eigenvalue weighted by Crippen LogP contribution is 2.37. The number of hydrogen-bond acceptors (Lipinski definition) is 8. The lowest BCUT2D eigenvalue weighted by Crippen LogP contribution is -2.56. The van der Waals surface area contributed by atoms with E-state index >= 15 is 0 Å². The van der Waals surface area contributed by atoms with Crippen LogP contribution in [0.2, 0.25) is 0 Å². The lowest BCUT2D eigenvalue weighted by molar-refractivity contribution is -0.149. The summed E-state index contributed by atoms with van der Waals surface area (Å²) in [6, 6.07) is 2.43. The zero-order chi connectivity index (χ0) is 27.7. The summed E-state index contributed by atoms with van der Waals surface area (Å²) < 4.78 is 12.2. The SMILES string of the molecule is CCC(=O)C(=O)N(CCC(C)C)[C@@H]1CC(C(=O)NCCO)=C[C@H](Oc2c(I)cc(CO)cc2OC)[C@H]1O. The van der Waals surface area contributed by atoms with E-state index in [-0.39, 0.29) is 50.6 Å². The van der Waals surface area contributed by atoms with Crippen molar-refractivity contribution in [1.82, 2.24) is 10.2 Å². The molecule has 10 nitrogen and oxygen atoms in total. The van der Waals surface area contributed by atoms with Crippen molar-refractivity contribution < 1.29 is 39.2 Å². The minimum absolute atomic E-state index is 0.0107. The molecule has 1 aliphatic rings. The molecule has 11 heteroatoms. The Morgan fingerprint density at radius 2 is 1.95 bits per heavy atom. The Kier molecular flexibility index (Phi) is 12.3. The first-order valence-corrected chi connectivity index (χ1v) is 13.4. The fourth-order valence-corrected chi connectivity index (χ4v) is 4.81. The van der Waals surface area contributed by atoms with Crippen molar-refractivity contribution in [3.8, 4) is 11.5 Å². The average Bonchev–Trinajstić information content (AvgIpc) is 2.88. The van der Waals surface area contributed by atoms with Crippen LogP contribution in [0.1, 0.15) is 45.6 Å². The number of aliphatic hydroxyl groups is 3. The van der Waals surface area contributed by atoms with E-state index in [4.69, 9.17) is 14.6 Å². The Balaban J connectivity index is 2.53. The van der Waals surface area contributed by atoms with Crippen LogP contribution in [0.5, 0.6) is 11.5 Å². The van der Waals surface area contributed by atoms with Crippen LogP contribution in [0.3, 0.4) is 0 Å². The van der Waals surface area contributed by atoms with Gasteiger partial charge in [-0.05, 0) is 58.7 Å².